The van der Waals surface area contributed by atoms with Crippen LogP contribution in [0.1, 0.15) is 13.8 Å². The Morgan fingerprint density at radius 1 is 0.383 bits per heavy atom. The highest BCUT2D eigenvalue weighted by molar-refractivity contribution is 7.53. The van der Waals surface area contributed by atoms with Gasteiger partial charge in [0.2, 0.25) is 0 Å². The first kappa shape index (κ1) is 46.2. The van der Waals surface area contributed by atoms with Crippen LogP contribution in [-0.4, -0.2) is 178 Å². The number of ether oxygens (including phenoxy) is 12. The minimum atomic E-state index is -3.05. The van der Waals surface area contributed by atoms with E-state index in [0.717, 1.165) is 0 Å². The molecule has 0 aliphatic carbocycles. The Bertz CT molecular complexity index is 688. The van der Waals surface area contributed by atoms with Crippen LogP contribution in [0.5, 0.6) is 0 Å². The zero-order valence-corrected chi connectivity index (χ0v) is 29.6. The van der Waals surface area contributed by atoms with Gasteiger partial charge in [-0.05, 0) is 13.8 Å². The van der Waals surface area contributed by atoms with Crippen molar-refractivity contribution in [2.45, 2.75) is 13.8 Å². The fourth-order valence-corrected chi connectivity index (χ4v) is 4.76. The Morgan fingerprint density at radius 2 is 0.596 bits per heavy atom. The molecular weight excluding hydrogens is 643 g/mol. The lowest BCUT2D eigenvalue weighted by molar-refractivity contribution is -0.0280. The van der Waals surface area contributed by atoms with Crippen LogP contribution >= 0.6 is 7.60 Å². The van der Waals surface area contributed by atoms with E-state index in [0.29, 0.717) is 172 Å². The second-order valence-corrected chi connectivity index (χ2v) is 11.3. The van der Waals surface area contributed by atoms with Gasteiger partial charge in [0.15, 0.2) is 0 Å². The molecule has 0 rings (SSSR count). The molecule has 0 heterocycles. The third-order valence-corrected chi connectivity index (χ3v) is 7.47. The van der Waals surface area contributed by atoms with Crippen molar-refractivity contribution >= 4 is 7.60 Å². The maximum absolute atomic E-state index is 12.3. The van der Waals surface area contributed by atoms with Gasteiger partial charge < -0.3 is 65.9 Å². The summed E-state index contributed by atoms with van der Waals surface area (Å²) in [5.41, 5.74) is 0. The second-order valence-electron chi connectivity index (χ2n) is 9.16. The molecule has 47 heavy (non-hydrogen) atoms. The summed E-state index contributed by atoms with van der Waals surface area (Å²) in [6, 6.07) is 0. The van der Waals surface area contributed by atoms with Crippen molar-refractivity contribution in [1.29, 1.82) is 0 Å². The van der Waals surface area contributed by atoms with Gasteiger partial charge in [0, 0.05) is 0 Å². The highest BCUT2D eigenvalue weighted by Crippen LogP contribution is 2.47. The predicted octanol–water partition coefficient (Wildman–Crippen LogP) is 2.08. The fraction of sp³-hybridized carbons (Fsp3) is 0.935. The Labute approximate surface area is 282 Å². The normalized spacial score (nSPS) is 11.8. The van der Waals surface area contributed by atoms with Crippen molar-refractivity contribution in [3.63, 3.8) is 0 Å². The van der Waals surface area contributed by atoms with E-state index in [1.54, 1.807) is 13.8 Å². The Kier molecular flexibility index (Phi) is 39.0. The lowest BCUT2D eigenvalue weighted by Gasteiger charge is -2.16. The zero-order valence-electron chi connectivity index (χ0n) is 28.7. The summed E-state index contributed by atoms with van der Waals surface area (Å²) in [6.45, 7) is 15.5. The monoisotopic (exact) mass is 704 g/mol. The molecule has 280 valence electrons. The van der Waals surface area contributed by atoms with E-state index in [-0.39, 0.29) is 6.16 Å². The molecule has 0 aliphatic rings. The molecule has 0 radical (unpaired) electrons. The molecule has 0 fully saturated rings. The molecule has 0 aliphatic heterocycles. The van der Waals surface area contributed by atoms with E-state index in [9.17, 15) is 4.57 Å². The number of rotatable bonds is 41. The molecule has 0 saturated carbocycles. The second kappa shape index (κ2) is 39.7. The van der Waals surface area contributed by atoms with Crippen LogP contribution in [0.2, 0.25) is 0 Å². The number of terminal acetylenes is 1. The average Bonchev–Trinajstić information content (AvgIpc) is 3.06. The first-order valence-corrected chi connectivity index (χ1v) is 18.2. The first-order valence-electron chi connectivity index (χ1n) is 16.4. The number of hydrogen-bond acceptors (Lipinski definition) is 15. The third-order valence-electron chi connectivity index (χ3n) is 5.44. The van der Waals surface area contributed by atoms with Crippen LogP contribution in [0.4, 0.5) is 0 Å². The van der Waals surface area contributed by atoms with Gasteiger partial charge in [0.25, 0.3) is 0 Å². The molecule has 0 amide bonds. The van der Waals surface area contributed by atoms with Gasteiger partial charge in [-0.3, -0.25) is 4.57 Å². The van der Waals surface area contributed by atoms with E-state index >= 15 is 0 Å². The molecule has 0 saturated heterocycles. The van der Waals surface area contributed by atoms with Crippen molar-refractivity contribution in [1.82, 2.24) is 0 Å². The maximum atomic E-state index is 12.3. The molecule has 0 unspecified atom stereocenters. The summed E-state index contributed by atoms with van der Waals surface area (Å²) in [4.78, 5) is 0. The van der Waals surface area contributed by atoms with Gasteiger partial charge in [-0.15, -0.1) is 6.42 Å². The minimum absolute atomic E-state index is 0.228. The zero-order chi connectivity index (χ0) is 34.2. The topological polar surface area (TPSA) is 146 Å². The van der Waals surface area contributed by atoms with Gasteiger partial charge in [0.1, 0.15) is 6.61 Å². The third kappa shape index (κ3) is 37.9. The van der Waals surface area contributed by atoms with Gasteiger partial charge in [-0.1, -0.05) is 5.92 Å². The summed E-state index contributed by atoms with van der Waals surface area (Å²) in [6.07, 6.45) is 5.31. The Hall–Kier alpha value is -0.770. The molecule has 0 aromatic rings. The van der Waals surface area contributed by atoms with E-state index in [1.165, 1.54) is 0 Å². The lowest BCUT2D eigenvalue weighted by atomic mass is 10.6. The van der Waals surface area contributed by atoms with Gasteiger partial charge >= 0.3 is 7.60 Å². The molecular formula is C31H61O15P. The van der Waals surface area contributed by atoms with Crippen LogP contribution in [0.25, 0.3) is 0 Å². The number of hydrogen-bond donors (Lipinski definition) is 0. The molecule has 0 atom stereocenters. The summed E-state index contributed by atoms with van der Waals surface area (Å²) < 4.78 is 87.7. The van der Waals surface area contributed by atoms with Crippen LogP contribution in [0, 0.1) is 12.3 Å². The first-order chi connectivity index (χ1) is 23.2. The maximum Gasteiger partial charge on any atom is 0.332 e. The highest BCUT2D eigenvalue weighted by atomic mass is 31.2. The summed E-state index contributed by atoms with van der Waals surface area (Å²) in [7, 11) is -3.05. The summed E-state index contributed by atoms with van der Waals surface area (Å²) in [5, 5.41) is 0. The smallest absolute Gasteiger partial charge is 0.332 e. The van der Waals surface area contributed by atoms with E-state index in [1.807, 2.05) is 0 Å². The van der Waals surface area contributed by atoms with Crippen molar-refractivity contribution in [3.8, 4) is 12.3 Å². The molecule has 15 nitrogen and oxygen atoms in total. The summed E-state index contributed by atoms with van der Waals surface area (Å²) >= 11 is 0. The molecule has 0 spiro atoms. The quantitative estimate of drug-likeness (QED) is 0.0520. The molecule has 0 N–H and O–H groups in total. The Balaban J connectivity index is 3.14. The SMILES string of the molecule is C#CCOCCOCCOCCOCCOCCOCCOCCOCCOCCOCCOCCOCCP(=O)(OCC)OCC. The van der Waals surface area contributed by atoms with E-state index in [4.69, 9.17) is 72.3 Å². The van der Waals surface area contributed by atoms with Crippen molar-refractivity contribution in [3.05, 3.63) is 0 Å². The molecule has 0 bridgehead atoms. The molecule has 0 aromatic carbocycles. The van der Waals surface area contributed by atoms with Crippen LogP contribution in [0.15, 0.2) is 0 Å². The average molecular weight is 705 g/mol. The van der Waals surface area contributed by atoms with Crippen molar-refractivity contribution in [2.75, 3.05) is 178 Å². The largest absolute Gasteiger partial charge is 0.378 e. The van der Waals surface area contributed by atoms with E-state index < -0.39 is 7.60 Å². The predicted molar refractivity (Wildman–Crippen MR) is 174 cm³/mol. The van der Waals surface area contributed by atoms with Crippen LogP contribution in [-0.2, 0) is 70.5 Å². The van der Waals surface area contributed by atoms with Crippen LogP contribution in [0.3, 0.4) is 0 Å². The van der Waals surface area contributed by atoms with Crippen molar-refractivity contribution < 1.29 is 70.5 Å². The van der Waals surface area contributed by atoms with E-state index in [2.05, 4.69) is 5.92 Å². The minimum Gasteiger partial charge on any atom is -0.378 e. The van der Waals surface area contributed by atoms with Gasteiger partial charge in [-0.2, -0.15) is 0 Å². The van der Waals surface area contributed by atoms with Crippen LogP contribution < -0.4 is 0 Å². The highest BCUT2D eigenvalue weighted by Gasteiger charge is 2.22. The standard InChI is InChI=1S/C31H61O15P/c1-4-7-33-8-9-34-10-11-35-12-13-36-14-15-37-16-17-38-18-19-39-20-21-40-22-23-41-24-25-42-26-27-43-28-29-44-30-31-47(32,45-5-2)46-6-3/h1H,5-31H2,2-3H3. The lowest BCUT2D eigenvalue weighted by Crippen LogP contribution is -2.15. The van der Waals surface area contributed by atoms with Gasteiger partial charge in [0.05, 0.1) is 171 Å². The molecule has 0 aromatic heterocycles. The summed E-state index contributed by atoms with van der Waals surface area (Å²) in [5.74, 6) is 2.39. The fourth-order valence-electron chi connectivity index (χ4n) is 3.29. The van der Waals surface area contributed by atoms with Crippen molar-refractivity contribution in [2.24, 2.45) is 0 Å². The Morgan fingerprint density at radius 3 is 0.809 bits per heavy atom. The van der Waals surface area contributed by atoms with Gasteiger partial charge in [-0.25, -0.2) is 0 Å². The molecule has 16 heteroatoms.